The molecule has 1 atom stereocenters. The molecule has 0 bridgehead atoms. The Morgan fingerprint density at radius 1 is 1.32 bits per heavy atom. The molecule has 0 radical (unpaired) electrons. The van der Waals surface area contributed by atoms with Gasteiger partial charge in [0.2, 0.25) is 0 Å². The van der Waals surface area contributed by atoms with Crippen LogP contribution in [0.25, 0.3) is 5.57 Å². The van der Waals surface area contributed by atoms with E-state index in [0.29, 0.717) is 10.0 Å². The van der Waals surface area contributed by atoms with E-state index in [1.807, 2.05) is 19.1 Å². The molecule has 0 amide bonds. The van der Waals surface area contributed by atoms with Gasteiger partial charge in [0, 0.05) is 27.6 Å². The predicted molar refractivity (Wildman–Crippen MR) is 79.3 cm³/mol. The zero-order chi connectivity index (χ0) is 14.0. The second-order valence-electron chi connectivity index (χ2n) is 4.37. The van der Waals surface area contributed by atoms with Crippen LogP contribution < -0.4 is 4.73 Å². The number of hydrogen-bond acceptors (Lipinski definition) is 1. The summed E-state index contributed by atoms with van der Waals surface area (Å²) in [5.41, 5.74) is 2.59. The second-order valence-corrected chi connectivity index (χ2v) is 5.21. The first-order valence-corrected chi connectivity index (χ1v) is 6.57. The number of allylic oxidation sites excluding steroid dienone is 1. The van der Waals surface area contributed by atoms with E-state index in [1.54, 1.807) is 18.2 Å². The minimum atomic E-state index is 0.00664. The first-order chi connectivity index (χ1) is 8.99. The fraction of sp³-hybridized carbons (Fsp3) is 0.133. The van der Waals surface area contributed by atoms with Crippen LogP contribution >= 0.6 is 23.2 Å². The van der Waals surface area contributed by atoms with Gasteiger partial charge in [-0.2, -0.15) is 4.73 Å². The second kappa shape index (κ2) is 5.64. The van der Waals surface area contributed by atoms with E-state index in [1.165, 1.54) is 12.4 Å². The number of benzene rings is 1. The molecule has 98 valence electrons. The molecule has 0 saturated carbocycles. The normalized spacial score (nSPS) is 12.2. The van der Waals surface area contributed by atoms with Crippen molar-refractivity contribution in [3.63, 3.8) is 0 Å². The summed E-state index contributed by atoms with van der Waals surface area (Å²) in [6, 6.07) is 8.95. The van der Waals surface area contributed by atoms with Crippen LogP contribution in [0.4, 0.5) is 0 Å². The van der Waals surface area contributed by atoms with Crippen molar-refractivity contribution < 1.29 is 4.73 Å². The molecule has 0 aliphatic heterocycles. The third-order valence-corrected chi connectivity index (χ3v) is 3.66. The van der Waals surface area contributed by atoms with Crippen molar-refractivity contribution in [2.24, 2.45) is 0 Å². The fourth-order valence-corrected chi connectivity index (χ4v) is 2.51. The Labute approximate surface area is 122 Å². The highest BCUT2D eigenvalue weighted by molar-refractivity contribution is 6.35. The SMILES string of the molecule is C=C(c1ccc[n+]([O-])c1)C(C)c1ccc(Cl)cc1Cl. The molecule has 19 heavy (non-hydrogen) atoms. The first kappa shape index (κ1) is 13.9. The summed E-state index contributed by atoms with van der Waals surface area (Å²) >= 11 is 12.1. The van der Waals surface area contributed by atoms with E-state index in [0.717, 1.165) is 21.4 Å². The summed E-state index contributed by atoms with van der Waals surface area (Å²) in [7, 11) is 0. The Morgan fingerprint density at radius 3 is 2.68 bits per heavy atom. The number of aromatic nitrogens is 1. The highest BCUT2D eigenvalue weighted by Crippen LogP contribution is 2.35. The fourth-order valence-electron chi connectivity index (χ4n) is 1.94. The van der Waals surface area contributed by atoms with Gasteiger partial charge in [-0.3, -0.25) is 0 Å². The van der Waals surface area contributed by atoms with E-state index in [2.05, 4.69) is 6.58 Å². The summed E-state index contributed by atoms with van der Waals surface area (Å²) < 4.78 is 0.761. The van der Waals surface area contributed by atoms with Crippen molar-refractivity contribution in [1.82, 2.24) is 0 Å². The minimum absolute atomic E-state index is 0.00664. The van der Waals surface area contributed by atoms with Gasteiger partial charge in [0.25, 0.3) is 0 Å². The van der Waals surface area contributed by atoms with E-state index in [-0.39, 0.29) is 5.92 Å². The third-order valence-electron chi connectivity index (χ3n) is 3.10. The first-order valence-electron chi connectivity index (χ1n) is 5.82. The standard InChI is InChI=1S/C15H13Cl2NO/c1-10(12-4-3-7-18(19)9-12)11(2)14-6-5-13(16)8-15(14)17/h3-9,11H,1H2,2H3. The van der Waals surface area contributed by atoms with Crippen molar-refractivity contribution >= 4 is 28.8 Å². The average molecular weight is 294 g/mol. The van der Waals surface area contributed by atoms with Gasteiger partial charge in [0.15, 0.2) is 12.4 Å². The van der Waals surface area contributed by atoms with Crippen LogP contribution in [0.3, 0.4) is 0 Å². The van der Waals surface area contributed by atoms with Crippen molar-refractivity contribution in [2.75, 3.05) is 0 Å². The van der Waals surface area contributed by atoms with E-state index < -0.39 is 0 Å². The lowest BCUT2D eigenvalue weighted by Crippen LogP contribution is -2.24. The van der Waals surface area contributed by atoms with Gasteiger partial charge in [-0.25, -0.2) is 0 Å². The Hall–Kier alpha value is -1.51. The zero-order valence-corrected chi connectivity index (χ0v) is 11.9. The van der Waals surface area contributed by atoms with Crippen LogP contribution in [-0.4, -0.2) is 0 Å². The highest BCUT2D eigenvalue weighted by Gasteiger charge is 2.16. The minimum Gasteiger partial charge on any atom is -0.619 e. The molecule has 1 aromatic heterocycles. The number of nitrogens with zero attached hydrogens (tertiary/aromatic N) is 1. The Bertz CT molecular complexity index is 625. The van der Waals surface area contributed by atoms with E-state index in [9.17, 15) is 5.21 Å². The Kier molecular flexibility index (Phi) is 4.13. The molecule has 0 fully saturated rings. The number of halogens is 2. The zero-order valence-electron chi connectivity index (χ0n) is 10.4. The van der Waals surface area contributed by atoms with Crippen molar-refractivity contribution in [2.45, 2.75) is 12.8 Å². The van der Waals surface area contributed by atoms with Gasteiger partial charge in [0.05, 0.1) is 0 Å². The molecular weight excluding hydrogens is 281 g/mol. The maximum Gasteiger partial charge on any atom is 0.187 e. The van der Waals surface area contributed by atoms with Crippen LogP contribution in [0.2, 0.25) is 10.0 Å². The molecule has 1 unspecified atom stereocenters. The Balaban J connectivity index is 2.33. The smallest absolute Gasteiger partial charge is 0.187 e. The lowest BCUT2D eigenvalue weighted by Gasteiger charge is -2.16. The highest BCUT2D eigenvalue weighted by atomic mass is 35.5. The molecule has 0 spiro atoms. The monoisotopic (exact) mass is 293 g/mol. The summed E-state index contributed by atoms with van der Waals surface area (Å²) in [6.07, 6.45) is 2.94. The summed E-state index contributed by atoms with van der Waals surface area (Å²) in [5.74, 6) is 0.00664. The van der Waals surface area contributed by atoms with Gasteiger partial charge >= 0.3 is 0 Å². The van der Waals surface area contributed by atoms with Gasteiger partial charge in [-0.1, -0.05) is 42.8 Å². The predicted octanol–water partition coefficient (Wildman–Crippen LogP) is 4.44. The van der Waals surface area contributed by atoms with Crippen molar-refractivity contribution in [1.29, 1.82) is 0 Å². The van der Waals surface area contributed by atoms with Gasteiger partial charge in [0.1, 0.15) is 0 Å². The maximum atomic E-state index is 11.3. The number of rotatable bonds is 3. The van der Waals surface area contributed by atoms with Crippen molar-refractivity contribution in [3.05, 3.63) is 75.7 Å². The lowest BCUT2D eigenvalue weighted by atomic mass is 9.90. The van der Waals surface area contributed by atoms with Crippen LogP contribution in [-0.2, 0) is 0 Å². The van der Waals surface area contributed by atoms with Gasteiger partial charge in [-0.05, 0) is 29.3 Å². The van der Waals surface area contributed by atoms with Gasteiger partial charge < -0.3 is 5.21 Å². The summed E-state index contributed by atoms with van der Waals surface area (Å²) in [4.78, 5) is 0. The van der Waals surface area contributed by atoms with Crippen molar-refractivity contribution in [3.8, 4) is 0 Å². The molecule has 0 aliphatic rings. The quantitative estimate of drug-likeness (QED) is 0.607. The molecule has 2 nitrogen and oxygen atoms in total. The molecule has 0 saturated heterocycles. The summed E-state index contributed by atoms with van der Waals surface area (Å²) in [6.45, 7) is 6.06. The Morgan fingerprint density at radius 2 is 2.05 bits per heavy atom. The number of hydrogen-bond donors (Lipinski definition) is 0. The topological polar surface area (TPSA) is 26.9 Å². The molecule has 0 N–H and O–H groups in total. The van der Waals surface area contributed by atoms with Crippen LogP contribution in [0, 0.1) is 5.21 Å². The molecule has 1 heterocycles. The third kappa shape index (κ3) is 3.09. The molecule has 0 aliphatic carbocycles. The van der Waals surface area contributed by atoms with Crippen LogP contribution in [0.15, 0.2) is 49.3 Å². The van der Waals surface area contributed by atoms with E-state index in [4.69, 9.17) is 23.2 Å². The molecule has 2 rings (SSSR count). The van der Waals surface area contributed by atoms with E-state index >= 15 is 0 Å². The van der Waals surface area contributed by atoms with Crippen LogP contribution in [0.5, 0.6) is 0 Å². The maximum absolute atomic E-state index is 11.3. The number of pyridine rings is 1. The summed E-state index contributed by atoms with van der Waals surface area (Å²) in [5, 5.41) is 12.5. The molecular formula is C15H13Cl2NO. The lowest BCUT2D eigenvalue weighted by molar-refractivity contribution is -0.605. The molecule has 1 aromatic carbocycles. The molecule has 4 heteroatoms. The average Bonchev–Trinajstić information content (AvgIpc) is 2.37. The van der Waals surface area contributed by atoms with Crippen LogP contribution in [0.1, 0.15) is 24.0 Å². The molecule has 2 aromatic rings. The largest absolute Gasteiger partial charge is 0.619 e. The van der Waals surface area contributed by atoms with Gasteiger partial charge in [-0.15, -0.1) is 0 Å².